The zero-order valence-electron chi connectivity index (χ0n) is 8.53. The van der Waals surface area contributed by atoms with Gasteiger partial charge in [-0.15, -0.1) is 0 Å². The third kappa shape index (κ3) is 1.83. The smallest absolute Gasteiger partial charge is 0.271 e. The normalized spacial score (nSPS) is 26.9. The molecule has 0 fully saturated rings. The minimum Gasteiger partial charge on any atom is -0.379 e. The Morgan fingerprint density at radius 1 is 1.35 bits per heavy atom. The topological polar surface area (TPSA) is 54.4 Å². The van der Waals surface area contributed by atoms with Gasteiger partial charge in [0.25, 0.3) is 6.43 Å². The van der Waals surface area contributed by atoms with Gasteiger partial charge in [0.2, 0.25) is 0 Å². The lowest BCUT2D eigenvalue weighted by Crippen LogP contribution is -2.41. The predicted octanol–water partition coefficient (Wildman–Crippen LogP) is 1.46. The largest absolute Gasteiger partial charge is 0.379 e. The summed E-state index contributed by atoms with van der Waals surface area (Å²) >= 11 is 0. The first-order chi connectivity index (χ1) is 7.77. The van der Waals surface area contributed by atoms with Gasteiger partial charge in [0, 0.05) is 12.0 Å². The van der Waals surface area contributed by atoms with E-state index in [1.807, 2.05) is 0 Å². The van der Waals surface area contributed by atoms with Crippen LogP contribution in [-0.2, 0) is 15.4 Å². The van der Waals surface area contributed by atoms with Crippen LogP contribution in [-0.4, -0.2) is 25.7 Å². The molecule has 0 bridgehead atoms. The van der Waals surface area contributed by atoms with Crippen molar-refractivity contribution < 1.29 is 26.7 Å². The van der Waals surface area contributed by atoms with Crippen molar-refractivity contribution >= 4 is 9.84 Å². The van der Waals surface area contributed by atoms with Crippen molar-refractivity contribution in [2.75, 3.05) is 5.75 Å². The summed E-state index contributed by atoms with van der Waals surface area (Å²) in [5.41, 5.74) is -3.15. The van der Waals surface area contributed by atoms with Crippen LogP contribution < -0.4 is 0 Å². The van der Waals surface area contributed by atoms with Crippen LogP contribution in [0.3, 0.4) is 0 Å². The molecular formula is C10H9F3O3S. The number of fused-ring (bicyclic) bond motifs is 1. The molecule has 1 heterocycles. The van der Waals surface area contributed by atoms with Crippen LogP contribution in [0.1, 0.15) is 12.0 Å². The first-order valence-corrected chi connectivity index (χ1v) is 6.46. The molecule has 0 aliphatic carbocycles. The van der Waals surface area contributed by atoms with Crippen molar-refractivity contribution in [1.82, 2.24) is 0 Å². The average Bonchev–Trinajstić information content (AvgIpc) is 2.24. The fraction of sp³-hybridized carbons (Fsp3) is 0.400. The fourth-order valence-electron chi connectivity index (χ4n) is 1.87. The van der Waals surface area contributed by atoms with Crippen molar-refractivity contribution in [2.45, 2.75) is 23.3 Å². The highest BCUT2D eigenvalue weighted by Gasteiger charge is 2.47. The van der Waals surface area contributed by atoms with Crippen LogP contribution in [0.25, 0.3) is 0 Å². The van der Waals surface area contributed by atoms with Gasteiger partial charge < -0.3 is 5.11 Å². The second-order valence-corrected chi connectivity index (χ2v) is 6.01. The van der Waals surface area contributed by atoms with E-state index in [2.05, 4.69) is 0 Å². The Balaban J connectivity index is 2.74. The summed E-state index contributed by atoms with van der Waals surface area (Å²) in [7, 11) is -3.72. The van der Waals surface area contributed by atoms with E-state index < -0.39 is 50.3 Å². The van der Waals surface area contributed by atoms with Crippen LogP contribution in [0, 0.1) is 5.82 Å². The van der Waals surface area contributed by atoms with E-state index in [0.717, 1.165) is 12.1 Å². The molecule has 3 nitrogen and oxygen atoms in total. The zero-order valence-corrected chi connectivity index (χ0v) is 9.35. The van der Waals surface area contributed by atoms with Gasteiger partial charge in [-0.25, -0.2) is 21.6 Å². The summed E-state index contributed by atoms with van der Waals surface area (Å²) in [6.07, 6.45) is -3.80. The van der Waals surface area contributed by atoms with Crippen molar-refractivity contribution in [3.05, 3.63) is 29.6 Å². The molecule has 1 aromatic carbocycles. The van der Waals surface area contributed by atoms with Gasteiger partial charge in [-0.2, -0.15) is 0 Å². The molecule has 0 spiro atoms. The molecule has 0 saturated heterocycles. The van der Waals surface area contributed by atoms with Gasteiger partial charge in [0.15, 0.2) is 15.4 Å². The number of hydrogen-bond donors (Lipinski definition) is 1. The highest BCUT2D eigenvalue weighted by Crippen LogP contribution is 2.41. The summed E-state index contributed by atoms with van der Waals surface area (Å²) < 4.78 is 61.8. The van der Waals surface area contributed by atoms with Gasteiger partial charge in [-0.1, -0.05) is 0 Å². The number of alkyl halides is 2. The molecule has 1 aromatic rings. The number of halogens is 3. The molecule has 0 radical (unpaired) electrons. The van der Waals surface area contributed by atoms with E-state index in [-0.39, 0.29) is 0 Å². The van der Waals surface area contributed by atoms with Gasteiger partial charge in [-0.3, -0.25) is 0 Å². The second kappa shape index (κ2) is 3.71. The van der Waals surface area contributed by atoms with Crippen LogP contribution in [0.5, 0.6) is 0 Å². The number of hydrogen-bond acceptors (Lipinski definition) is 3. The van der Waals surface area contributed by atoms with Gasteiger partial charge in [0.1, 0.15) is 5.82 Å². The summed E-state index contributed by atoms with van der Waals surface area (Å²) in [5, 5.41) is 9.78. The third-order valence-corrected chi connectivity index (χ3v) is 4.62. The highest BCUT2D eigenvalue weighted by molar-refractivity contribution is 7.91. The van der Waals surface area contributed by atoms with Crippen molar-refractivity contribution in [2.24, 2.45) is 0 Å². The Hall–Kier alpha value is -1.08. The molecule has 0 amide bonds. The van der Waals surface area contributed by atoms with E-state index >= 15 is 0 Å². The van der Waals surface area contributed by atoms with E-state index in [9.17, 15) is 26.7 Å². The maximum atomic E-state index is 13.0. The molecule has 0 saturated carbocycles. The summed E-state index contributed by atoms with van der Waals surface area (Å²) in [6, 6.07) is 2.43. The van der Waals surface area contributed by atoms with Crippen LogP contribution >= 0.6 is 0 Å². The summed E-state index contributed by atoms with van der Waals surface area (Å²) in [4.78, 5) is -0.423. The van der Waals surface area contributed by atoms with E-state index in [1.165, 1.54) is 0 Å². The fourth-order valence-corrected chi connectivity index (χ4v) is 3.52. The number of benzene rings is 1. The number of rotatable bonds is 1. The third-order valence-electron chi connectivity index (χ3n) is 2.86. The Morgan fingerprint density at radius 2 is 2.00 bits per heavy atom. The minimum absolute atomic E-state index is 0.423. The molecule has 2 rings (SSSR count). The molecule has 0 aromatic heterocycles. The van der Waals surface area contributed by atoms with E-state index in [1.54, 1.807) is 0 Å². The lowest BCUT2D eigenvalue weighted by Gasteiger charge is -2.33. The quantitative estimate of drug-likeness (QED) is 0.783. The molecule has 1 atom stereocenters. The van der Waals surface area contributed by atoms with Crippen molar-refractivity contribution in [3.63, 3.8) is 0 Å². The van der Waals surface area contributed by atoms with Crippen molar-refractivity contribution in [1.29, 1.82) is 0 Å². The molecule has 7 heteroatoms. The Labute approximate surface area is 95.8 Å². The average molecular weight is 266 g/mol. The highest BCUT2D eigenvalue weighted by atomic mass is 32.2. The SMILES string of the molecule is O=S1(=O)CCC(O)(C(F)F)c2cc(F)ccc21. The number of sulfone groups is 1. The van der Waals surface area contributed by atoms with Gasteiger partial charge in [-0.05, 0) is 18.2 Å². The molecule has 94 valence electrons. The zero-order chi connectivity index (χ0) is 12.8. The molecule has 17 heavy (non-hydrogen) atoms. The Bertz CT molecular complexity index is 556. The lowest BCUT2D eigenvalue weighted by atomic mass is 9.91. The summed E-state index contributed by atoms with van der Waals surface area (Å²) in [5.74, 6) is -1.44. The van der Waals surface area contributed by atoms with Gasteiger partial charge in [0.05, 0.1) is 10.6 Å². The van der Waals surface area contributed by atoms with E-state index in [4.69, 9.17) is 0 Å². The Morgan fingerprint density at radius 3 is 2.59 bits per heavy atom. The van der Waals surface area contributed by atoms with E-state index in [0.29, 0.717) is 6.07 Å². The van der Waals surface area contributed by atoms with Crippen LogP contribution in [0.15, 0.2) is 23.1 Å². The standard InChI is InChI=1S/C10H9F3O3S/c11-6-1-2-8-7(5-6)10(14,9(12)13)3-4-17(8,15)16/h1-2,5,9,14H,3-4H2. The minimum atomic E-state index is -3.72. The lowest BCUT2D eigenvalue weighted by molar-refractivity contribution is -0.107. The maximum absolute atomic E-state index is 13.0. The first kappa shape index (κ1) is 12.4. The van der Waals surface area contributed by atoms with Crippen molar-refractivity contribution in [3.8, 4) is 0 Å². The van der Waals surface area contributed by atoms with Crippen LogP contribution in [0.4, 0.5) is 13.2 Å². The molecule has 1 aliphatic rings. The van der Waals surface area contributed by atoms with Gasteiger partial charge >= 0.3 is 0 Å². The predicted molar refractivity (Wildman–Crippen MR) is 53.0 cm³/mol. The molecule has 1 aliphatic heterocycles. The monoisotopic (exact) mass is 266 g/mol. The second-order valence-electron chi connectivity index (χ2n) is 3.93. The maximum Gasteiger partial charge on any atom is 0.271 e. The first-order valence-electron chi connectivity index (χ1n) is 4.81. The number of aliphatic hydroxyl groups is 1. The van der Waals surface area contributed by atoms with Crippen LogP contribution in [0.2, 0.25) is 0 Å². The molecule has 1 N–H and O–H groups in total. The Kier molecular flexibility index (Phi) is 2.70. The molecule has 1 unspecified atom stereocenters. The molecular weight excluding hydrogens is 257 g/mol. The summed E-state index contributed by atoms with van der Waals surface area (Å²) in [6.45, 7) is 0.